The summed E-state index contributed by atoms with van der Waals surface area (Å²) in [7, 11) is -2.73. The van der Waals surface area contributed by atoms with Gasteiger partial charge in [-0.2, -0.15) is 4.57 Å². The van der Waals surface area contributed by atoms with Crippen LogP contribution < -0.4 is 9.30 Å². The Bertz CT molecular complexity index is 842. The van der Waals surface area contributed by atoms with Crippen molar-refractivity contribution in [2.75, 3.05) is 20.3 Å². The van der Waals surface area contributed by atoms with Crippen LogP contribution in [-0.4, -0.2) is 33.3 Å². The molecule has 0 saturated carbocycles. The molecule has 0 unspecified atom stereocenters. The quantitative estimate of drug-likeness (QED) is 0.305. The SMILES string of the molecule is CCO/C(C)=C\c1sc2ccc(OC)cc2[n+]1CC.CCOS(=O)(=O)[O-]. The molecule has 0 amide bonds. The molecule has 9 heteroatoms. The number of aromatic nitrogens is 1. The lowest BCUT2D eigenvalue weighted by Crippen LogP contribution is -2.33. The van der Waals surface area contributed by atoms with E-state index in [1.807, 2.05) is 19.9 Å². The Morgan fingerprint density at radius 2 is 1.96 bits per heavy atom. The summed E-state index contributed by atoms with van der Waals surface area (Å²) in [5.74, 6) is 1.84. The number of benzene rings is 1. The molecule has 2 rings (SSSR count). The Labute approximate surface area is 158 Å². The second-order valence-corrected chi connectivity index (χ2v) is 7.14. The maximum absolute atomic E-state index is 9.45. The predicted molar refractivity (Wildman–Crippen MR) is 101 cm³/mol. The van der Waals surface area contributed by atoms with Crippen molar-refractivity contribution < 1.29 is 31.2 Å². The van der Waals surface area contributed by atoms with Gasteiger partial charge in [-0.3, -0.25) is 4.18 Å². The van der Waals surface area contributed by atoms with Crippen molar-refractivity contribution in [2.24, 2.45) is 0 Å². The van der Waals surface area contributed by atoms with Crippen LogP contribution in [0.25, 0.3) is 16.3 Å². The fraction of sp³-hybridized carbons (Fsp3) is 0.471. The van der Waals surface area contributed by atoms with Gasteiger partial charge in [-0.25, -0.2) is 8.42 Å². The van der Waals surface area contributed by atoms with Crippen LogP contribution in [0.15, 0.2) is 24.0 Å². The molecule has 1 aromatic heterocycles. The van der Waals surface area contributed by atoms with Gasteiger partial charge in [-0.05, 0) is 39.8 Å². The molecule has 0 aliphatic heterocycles. The van der Waals surface area contributed by atoms with Gasteiger partial charge >= 0.3 is 0 Å². The summed E-state index contributed by atoms with van der Waals surface area (Å²) >= 11 is 1.77. The second-order valence-electron chi connectivity index (χ2n) is 5.02. The summed E-state index contributed by atoms with van der Waals surface area (Å²) in [6, 6.07) is 6.20. The third-order valence-corrected chi connectivity index (χ3v) is 4.85. The van der Waals surface area contributed by atoms with Crippen LogP contribution in [0, 0.1) is 0 Å². The Morgan fingerprint density at radius 1 is 1.27 bits per heavy atom. The molecule has 146 valence electrons. The first-order valence-electron chi connectivity index (χ1n) is 8.17. The van der Waals surface area contributed by atoms with E-state index >= 15 is 0 Å². The largest absolute Gasteiger partial charge is 0.726 e. The maximum Gasteiger partial charge on any atom is 0.266 e. The van der Waals surface area contributed by atoms with Crippen LogP contribution in [0.2, 0.25) is 0 Å². The van der Waals surface area contributed by atoms with Crippen molar-refractivity contribution in [3.8, 4) is 5.75 Å². The molecular weight excluding hydrogens is 378 g/mol. The number of rotatable bonds is 7. The van der Waals surface area contributed by atoms with Gasteiger partial charge in [0.25, 0.3) is 5.01 Å². The van der Waals surface area contributed by atoms with Crippen molar-refractivity contribution in [1.82, 2.24) is 0 Å². The summed E-state index contributed by atoms with van der Waals surface area (Å²) in [5.41, 5.74) is 1.21. The number of hydrogen-bond acceptors (Lipinski definition) is 7. The highest BCUT2D eigenvalue weighted by atomic mass is 32.3. The molecule has 26 heavy (non-hydrogen) atoms. The number of allylic oxidation sites excluding steroid dienone is 1. The van der Waals surface area contributed by atoms with Crippen LogP contribution in [0.4, 0.5) is 0 Å². The van der Waals surface area contributed by atoms with E-state index in [1.165, 1.54) is 22.1 Å². The van der Waals surface area contributed by atoms with Gasteiger partial charge in [0.2, 0.25) is 15.9 Å². The van der Waals surface area contributed by atoms with Crippen molar-refractivity contribution >= 4 is 38.0 Å². The Kier molecular flexibility index (Phi) is 9.00. The van der Waals surface area contributed by atoms with E-state index in [2.05, 4.69) is 33.9 Å². The highest BCUT2D eigenvalue weighted by Gasteiger charge is 2.18. The molecule has 0 fully saturated rings. The molecule has 0 spiro atoms. The number of fused-ring (bicyclic) bond motifs is 1. The van der Waals surface area contributed by atoms with E-state index in [-0.39, 0.29) is 6.61 Å². The molecule has 1 aromatic carbocycles. The number of aryl methyl sites for hydroxylation is 1. The zero-order valence-electron chi connectivity index (χ0n) is 15.6. The first-order valence-corrected chi connectivity index (χ1v) is 10.3. The normalized spacial score (nSPS) is 11.8. The van der Waals surface area contributed by atoms with Crippen LogP contribution in [0.3, 0.4) is 0 Å². The van der Waals surface area contributed by atoms with Gasteiger partial charge < -0.3 is 14.0 Å². The molecule has 0 saturated heterocycles. The monoisotopic (exact) mass is 403 g/mol. The number of nitrogens with zero attached hydrogens (tertiary/aromatic N) is 1. The molecular formula is C17H25NO6S2. The highest BCUT2D eigenvalue weighted by molar-refractivity contribution is 7.80. The van der Waals surface area contributed by atoms with Gasteiger partial charge in [0, 0.05) is 0 Å². The predicted octanol–water partition coefficient (Wildman–Crippen LogP) is 3.10. The highest BCUT2D eigenvalue weighted by Crippen LogP contribution is 2.26. The first-order chi connectivity index (χ1) is 12.3. The van der Waals surface area contributed by atoms with Gasteiger partial charge in [0.15, 0.2) is 0 Å². The summed E-state index contributed by atoms with van der Waals surface area (Å²) in [4.78, 5) is 0. The zero-order chi connectivity index (χ0) is 19.7. The molecule has 0 aliphatic rings. The maximum atomic E-state index is 9.45. The lowest BCUT2D eigenvalue weighted by molar-refractivity contribution is -0.665. The lowest BCUT2D eigenvalue weighted by Gasteiger charge is -2.02. The Morgan fingerprint density at radius 3 is 2.42 bits per heavy atom. The topological polar surface area (TPSA) is 88.8 Å². The smallest absolute Gasteiger partial charge is 0.266 e. The molecule has 0 radical (unpaired) electrons. The zero-order valence-corrected chi connectivity index (χ0v) is 17.3. The summed E-state index contributed by atoms with van der Waals surface area (Å²) in [6.45, 7) is 9.11. The van der Waals surface area contributed by atoms with Crippen molar-refractivity contribution in [3.63, 3.8) is 0 Å². The second kappa shape index (κ2) is 10.5. The van der Waals surface area contributed by atoms with Crippen LogP contribution in [0.1, 0.15) is 32.7 Å². The third kappa shape index (κ3) is 6.91. The molecule has 7 nitrogen and oxygen atoms in total. The number of ether oxygens (including phenoxy) is 2. The number of methoxy groups -OCH3 is 1. The van der Waals surface area contributed by atoms with Crippen molar-refractivity contribution in [2.45, 2.75) is 34.2 Å². The fourth-order valence-electron chi connectivity index (χ4n) is 2.23. The van der Waals surface area contributed by atoms with E-state index < -0.39 is 10.4 Å². The van der Waals surface area contributed by atoms with Crippen LogP contribution >= 0.6 is 11.3 Å². The molecule has 0 N–H and O–H groups in total. The lowest BCUT2D eigenvalue weighted by atomic mass is 10.3. The number of hydrogen-bond donors (Lipinski definition) is 0. The Hall–Kier alpha value is -1.68. The van der Waals surface area contributed by atoms with Crippen molar-refractivity contribution in [3.05, 3.63) is 29.0 Å². The van der Waals surface area contributed by atoms with Gasteiger partial charge in [-0.15, -0.1) is 0 Å². The minimum atomic E-state index is -4.42. The fourth-order valence-corrected chi connectivity index (χ4v) is 3.72. The molecule has 0 bridgehead atoms. The van der Waals surface area contributed by atoms with Crippen molar-refractivity contribution in [1.29, 1.82) is 0 Å². The van der Waals surface area contributed by atoms with Crippen LogP contribution in [-0.2, 0) is 25.9 Å². The van der Waals surface area contributed by atoms with E-state index in [4.69, 9.17) is 9.47 Å². The minimum absolute atomic E-state index is 0.0914. The average molecular weight is 404 g/mol. The standard InChI is InChI=1S/C15H20NO2S.C2H6O4S/c1-5-16-13-10-12(17-4)7-8-14(13)19-15(16)9-11(3)18-6-2;1-2-6-7(3,4)5/h7-10H,5-6H2,1-4H3;2H2,1H3,(H,3,4,5)/q+1;/p-1/b11-9-;. The number of thiazole rings is 1. The molecule has 2 aromatic rings. The average Bonchev–Trinajstić information content (AvgIpc) is 2.90. The van der Waals surface area contributed by atoms with Crippen LogP contribution in [0.5, 0.6) is 5.75 Å². The third-order valence-electron chi connectivity index (χ3n) is 3.21. The molecule has 0 aliphatic carbocycles. The summed E-state index contributed by atoms with van der Waals surface area (Å²) in [5, 5.41) is 1.21. The van der Waals surface area contributed by atoms with E-state index in [1.54, 1.807) is 18.4 Å². The molecule has 0 atom stereocenters. The summed E-state index contributed by atoms with van der Waals surface area (Å²) < 4.78 is 46.4. The Balaban J connectivity index is 0.000000412. The first kappa shape index (κ1) is 22.4. The summed E-state index contributed by atoms with van der Waals surface area (Å²) in [6.07, 6.45) is 2.10. The van der Waals surface area contributed by atoms with Gasteiger partial charge in [0.05, 0.1) is 32.5 Å². The van der Waals surface area contributed by atoms with Gasteiger partial charge in [0.1, 0.15) is 22.8 Å². The van der Waals surface area contributed by atoms with E-state index in [0.717, 1.165) is 18.1 Å². The molecule has 1 heterocycles. The van der Waals surface area contributed by atoms with E-state index in [9.17, 15) is 13.0 Å². The van der Waals surface area contributed by atoms with E-state index in [0.29, 0.717) is 6.61 Å². The minimum Gasteiger partial charge on any atom is -0.726 e. The van der Waals surface area contributed by atoms with Gasteiger partial charge in [-0.1, -0.05) is 11.3 Å².